The number of aliphatic hydroxyl groups is 1. The highest BCUT2D eigenvalue weighted by molar-refractivity contribution is 5.26. The molecule has 0 atom stereocenters. The number of piperidine rings is 1. The van der Waals surface area contributed by atoms with Gasteiger partial charge < -0.3 is 10.0 Å². The van der Waals surface area contributed by atoms with Crippen molar-refractivity contribution in [2.45, 2.75) is 55.9 Å². The second-order valence-electron chi connectivity index (χ2n) is 8.40. The summed E-state index contributed by atoms with van der Waals surface area (Å²) in [7, 11) is 0. The van der Waals surface area contributed by atoms with Gasteiger partial charge in [0.25, 0.3) is 0 Å². The molecule has 1 aliphatic heterocycles. The normalized spacial score (nSPS) is 27.6. The van der Waals surface area contributed by atoms with E-state index in [0.717, 1.165) is 51.6 Å². The second-order valence-corrected chi connectivity index (χ2v) is 8.40. The Morgan fingerprint density at radius 3 is 2.11 bits per heavy atom. The number of halogens is 1. The van der Waals surface area contributed by atoms with Gasteiger partial charge in [-0.2, -0.15) is 0 Å². The standard InChI is InChI=1S/C24H30FNO/c25-22-8-6-19(7-9-22)20-12-16-26(17-13-20)23-10-14-24(18-27,15-11-23)21-4-2-1-3-5-21/h1-9,20,23,27H,10-18H2. The van der Waals surface area contributed by atoms with Gasteiger partial charge in [-0.05, 0) is 80.8 Å². The van der Waals surface area contributed by atoms with Crippen LogP contribution in [0.15, 0.2) is 54.6 Å². The summed E-state index contributed by atoms with van der Waals surface area (Å²) in [5, 5.41) is 10.1. The van der Waals surface area contributed by atoms with Crippen LogP contribution in [-0.2, 0) is 5.41 Å². The zero-order valence-electron chi connectivity index (χ0n) is 16.0. The Morgan fingerprint density at radius 1 is 0.889 bits per heavy atom. The molecule has 0 radical (unpaired) electrons. The third kappa shape index (κ3) is 3.95. The van der Waals surface area contributed by atoms with Crippen molar-refractivity contribution in [2.75, 3.05) is 19.7 Å². The van der Waals surface area contributed by atoms with E-state index < -0.39 is 0 Å². The first kappa shape index (κ1) is 18.6. The summed E-state index contributed by atoms with van der Waals surface area (Å²) in [6.45, 7) is 2.50. The maximum absolute atomic E-state index is 13.1. The molecule has 0 unspecified atom stereocenters. The van der Waals surface area contributed by atoms with Gasteiger partial charge in [0.2, 0.25) is 0 Å². The number of nitrogens with zero attached hydrogens (tertiary/aromatic N) is 1. The second kappa shape index (κ2) is 8.12. The molecule has 2 aromatic rings. The molecule has 144 valence electrons. The van der Waals surface area contributed by atoms with Gasteiger partial charge in [-0.3, -0.25) is 0 Å². The molecule has 1 heterocycles. The molecule has 1 N–H and O–H groups in total. The predicted octanol–water partition coefficient (Wildman–Crippen LogP) is 4.88. The molecular formula is C24H30FNO. The maximum atomic E-state index is 13.1. The highest BCUT2D eigenvalue weighted by atomic mass is 19.1. The number of hydrogen-bond acceptors (Lipinski definition) is 2. The van der Waals surface area contributed by atoms with Crippen LogP contribution in [0.3, 0.4) is 0 Å². The van der Waals surface area contributed by atoms with Crippen LogP contribution in [0, 0.1) is 5.82 Å². The van der Waals surface area contributed by atoms with Crippen molar-refractivity contribution in [3.63, 3.8) is 0 Å². The minimum atomic E-state index is -0.149. The Bertz CT molecular complexity index is 714. The van der Waals surface area contributed by atoms with Crippen LogP contribution in [0.5, 0.6) is 0 Å². The Morgan fingerprint density at radius 2 is 1.52 bits per heavy atom. The topological polar surface area (TPSA) is 23.5 Å². The van der Waals surface area contributed by atoms with Crippen molar-refractivity contribution in [3.8, 4) is 0 Å². The molecule has 1 aliphatic carbocycles. The highest BCUT2D eigenvalue weighted by Crippen LogP contribution is 2.41. The van der Waals surface area contributed by atoms with Gasteiger partial charge in [0.15, 0.2) is 0 Å². The Labute approximate surface area is 162 Å². The Hall–Kier alpha value is -1.71. The summed E-state index contributed by atoms with van der Waals surface area (Å²) >= 11 is 0. The third-order valence-corrected chi connectivity index (χ3v) is 6.99. The smallest absolute Gasteiger partial charge is 0.123 e. The van der Waals surface area contributed by atoms with Crippen LogP contribution < -0.4 is 0 Å². The van der Waals surface area contributed by atoms with Gasteiger partial charge in [-0.15, -0.1) is 0 Å². The molecule has 2 aromatic carbocycles. The number of rotatable bonds is 4. The number of aliphatic hydroxyl groups excluding tert-OH is 1. The highest BCUT2D eigenvalue weighted by Gasteiger charge is 2.38. The molecular weight excluding hydrogens is 337 g/mol. The largest absolute Gasteiger partial charge is 0.395 e. The summed E-state index contributed by atoms with van der Waals surface area (Å²) < 4.78 is 13.1. The summed E-state index contributed by atoms with van der Waals surface area (Å²) in [5.74, 6) is 0.412. The minimum absolute atomic E-state index is 0.0514. The fourth-order valence-corrected chi connectivity index (χ4v) is 5.18. The number of likely N-dealkylation sites (tertiary alicyclic amines) is 1. The van der Waals surface area contributed by atoms with Crippen LogP contribution in [-0.4, -0.2) is 35.7 Å². The van der Waals surface area contributed by atoms with Crippen molar-refractivity contribution in [3.05, 3.63) is 71.5 Å². The maximum Gasteiger partial charge on any atom is 0.123 e. The molecule has 1 saturated carbocycles. The molecule has 0 bridgehead atoms. The first-order valence-corrected chi connectivity index (χ1v) is 10.4. The van der Waals surface area contributed by atoms with Crippen LogP contribution in [0.25, 0.3) is 0 Å². The van der Waals surface area contributed by atoms with E-state index in [4.69, 9.17) is 0 Å². The van der Waals surface area contributed by atoms with Gasteiger partial charge in [-0.1, -0.05) is 42.5 Å². The van der Waals surface area contributed by atoms with E-state index in [0.29, 0.717) is 12.0 Å². The monoisotopic (exact) mass is 367 g/mol. The van der Waals surface area contributed by atoms with Gasteiger partial charge in [0, 0.05) is 11.5 Å². The Kier molecular flexibility index (Phi) is 5.60. The van der Waals surface area contributed by atoms with Crippen molar-refractivity contribution >= 4 is 0 Å². The zero-order valence-corrected chi connectivity index (χ0v) is 16.0. The fourth-order valence-electron chi connectivity index (χ4n) is 5.18. The van der Waals surface area contributed by atoms with Crippen molar-refractivity contribution in [2.24, 2.45) is 0 Å². The average molecular weight is 368 g/mol. The lowest BCUT2D eigenvalue weighted by molar-refractivity contribution is 0.0738. The summed E-state index contributed by atoms with van der Waals surface area (Å²) in [5.41, 5.74) is 2.52. The zero-order chi connectivity index (χ0) is 18.7. The summed E-state index contributed by atoms with van der Waals surface area (Å²) in [4.78, 5) is 2.66. The minimum Gasteiger partial charge on any atom is -0.395 e. The quantitative estimate of drug-likeness (QED) is 0.833. The van der Waals surface area contributed by atoms with Crippen LogP contribution in [0.4, 0.5) is 4.39 Å². The molecule has 2 aliphatic rings. The third-order valence-electron chi connectivity index (χ3n) is 6.99. The molecule has 1 saturated heterocycles. The molecule has 3 heteroatoms. The lowest BCUT2D eigenvalue weighted by atomic mass is 9.68. The molecule has 0 aromatic heterocycles. The number of benzene rings is 2. The average Bonchev–Trinajstić information content (AvgIpc) is 2.75. The van der Waals surface area contributed by atoms with Gasteiger partial charge in [0.05, 0.1) is 6.61 Å². The van der Waals surface area contributed by atoms with E-state index in [1.54, 1.807) is 12.1 Å². The lowest BCUT2D eigenvalue weighted by Gasteiger charge is -2.45. The lowest BCUT2D eigenvalue weighted by Crippen LogP contribution is -2.46. The summed E-state index contributed by atoms with van der Waals surface area (Å²) in [6.07, 6.45) is 6.78. The van der Waals surface area contributed by atoms with E-state index in [1.807, 2.05) is 18.2 Å². The first-order chi connectivity index (χ1) is 13.2. The van der Waals surface area contributed by atoms with E-state index in [2.05, 4.69) is 29.2 Å². The molecule has 27 heavy (non-hydrogen) atoms. The van der Waals surface area contributed by atoms with E-state index >= 15 is 0 Å². The SMILES string of the molecule is OCC1(c2ccccc2)CCC(N2CCC(c3ccc(F)cc3)CC2)CC1. The molecule has 4 rings (SSSR count). The molecule has 0 spiro atoms. The molecule has 0 amide bonds. The van der Waals surface area contributed by atoms with Gasteiger partial charge in [0.1, 0.15) is 5.82 Å². The molecule has 2 nitrogen and oxygen atoms in total. The van der Waals surface area contributed by atoms with Crippen LogP contribution in [0.2, 0.25) is 0 Å². The van der Waals surface area contributed by atoms with Crippen molar-refractivity contribution in [1.29, 1.82) is 0 Å². The summed E-state index contributed by atoms with van der Waals surface area (Å²) in [6, 6.07) is 18.3. The van der Waals surface area contributed by atoms with Gasteiger partial charge >= 0.3 is 0 Å². The van der Waals surface area contributed by atoms with Crippen molar-refractivity contribution in [1.82, 2.24) is 4.90 Å². The number of hydrogen-bond donors (Lipinski definition) is 1. The molecule has 2 fully saturated rings. The van der Waals surface area contributed by atoms with E-state index in [1.165, 1.54) is 11.1 Å². The van der Waals surface area contributed by atoms with E-state index in [-0.39, 0.29) is 17.8 Å². The van der Waals surface area contributed by atoms with Crippen LogP contribution >= 0.6 is 0 Å². The van der Waals surface area contributed by atoms with Gasteiger partial charge in [-0.25, -0.2) is 4.39 Å². The predicted molar refractivity (Wildman–Crippen MR) is 107 cm³/mol. The fraction of sp³-hybridized carbons (Fsp3) is 0.500. The first-order valence-electron chi connectivity index (χ1n) is 10.4. The Balaban J connectivity index is 1.33. The van der Waals surface area contributed by atoms with E-state index in [9.17, 15) is 9.50 Å². The van der Waals surface area contributed by atoms with Crippen LogP contribution in [0.1, 0.15) is 55.6 Å². The van der Waals surface area contributed by atoms with Crippen molar-refractivity contribution < 1.29 is 9.50 Å².